The maximum atomic E-state index is 11.9. The Morgan fingerprint density at radius 1 is 0.947 bits per heavy atom. The summed E-state index contributed by atoms with van der Waals surface area (Å²) in [5.74, 6) is 0.496. The van der Waals surface area contributed by atoms with Gasteiger partial charge in [-0.3, -0.25) is 9.79 Å². The van der Waals surface area contributed by atoms with E-state index in [1.165, 1.54) is 22.5 Å². The number of aliphatic imine (C=N–C) groups is 1. The number of anilines is 1. The van der Waals surface area contributed by atoms with Crippen LogP contribution in [0.4, 0.5) is 5.69 Å². The molecule has 0 atom stereocenters. The maximum absolute atomic E-state index is 11.9. The highest BCUT2D eigenvalue weighted by Crippen LogP contribution is 2.46. The molecular formula is C35H46N2O. The van der Waals surface area contributed by atoms with Gasteiger partial charge in [-0.25, -0.2) is 0 Å². The number of para-hydroxylation sites is 1. The van der Waals surface area contributed by atoms with Crippen molar-refractivity contribution in [1.82, 2.24) is 0 Å². The molecule has 2 aromatic rings. The molecule has 0 aromatic heterocycles. The van der Waals surface area contributed by atoms with Crippen LogP contribution < -0.4 is 4.90 Å². The Kier molecular flexibility index (Phi) is 10.1. The van der Waals surface area contributed by atoms with Gasteiger partial charge in [0.2, 0.25) is 0 Å². The lowest BCUT2D eigenvalue weighted by Crippen LogP contribution is -2.28. The van der Waals surface area contributed by atoms with Gasteiger partial charge in [-0.2, -0.15) is 0 Å². The first kappa shape index (κ1) is 29.4. The Morgan fingerprint density at radius 2 is 1.63 bits per heavy atom. The van der Waals surface area contributed by atoms with Gasteiger partial charge in [0.15, 0.2) is 0 Å². The van der Waals surface area contributed by atoms with Gasteiger partial charge in [0.25, 0.3) is 0 Å². The second kappa shape index (κ2) is 13.0. The molecule has 0 radical (unpaired) electrons. The van der Waals surface area contributed by atoms with Crippen LogP contribution in [0.5, 0.6) is 0 Å². The number of nitrogens with zero attached hydrogens (tertiary/aromatic N) is 2. The van der Waals surface area contributed by atoms with Crippen molar-refractivity contribution in [1.29, 1.82) is 0 Å². The predicted octanol–water partition coefficient (Wildman–Crippen LogP) is 8.61. The van der Waals surface area contributed by atoms with Gasteiger partial charge in [0.1, 0.15) is 5.78 Å². The Bertz CT molecular complexity index is 1200. The monoisotopic (exact) mass is 510 g/mol. The molecule has 3 rings (SSSR count). The second-order valence-electron chi connectivity index (χ2n) is 11.7. The van der Waals surface area contributed by atoms with Crippen LogP contribution in [0, 0.1) is 5.92 Å². The van der Waals surface area contributed by atoms with Crippen LogP contribution in [0.2, 0.25) is 0 Å². The normalized spacial score (nSPS) is 16.8. The Hall–Kier alpha value is -3.20. The first-order valence-corrected chi connectivity index (χ1v) is 14.1. The van der Waals surface area contributed by atoms with Crippen molar-refractivity contribution in [2.24, 2.45) is 10.9 Å². The number of carbonyl (C=O) groups is 1. The maximum Gasteiger partial charge on any atom is 0.135 e. The fourth-order valence-corrected chi connectivity index (χ4v) is 5.20. The molecule has 202 valence electrons. The molecule has 1 heterocycles. The van der Waals surface area contributed by atoms with Crippen LogP contribution >= 0.6 is 0 Å². The molecule has 2 aromatic carbocycles. The zero-order valence-corrected chi connectivity index (χ0v) is 24.5. The zero-order chi connectivity index (χ0) is 27.8. The number of hydrogen-bond acceptors (Lipinski definition) is 3. The summed E-state index contributed by atoms with van der Waals surface area (Å²) < 4.78 is 0. The third kappa shape index (κ3) is 7.01. The quantitative estimate of drug-likeness (QED) is 0.163. The molecule has 0 aliphatic carbocycles. The number of unbranched alkanes of at least 4 members (excludes halogenated alkanes) is 2. The molecule has 0 saturated heterocycles. The zero-order valence-electron chi connectivity index (χ0n) is 24.5. The number of ketones is 1. The molecule has 0 saturated carbocycles. The van der Waals surface area contributed by atoms with Crippen molar-refractivity contribution in [2.75, 3.05) is 18.5 Å². The average Bonchev–Trinajstić information content (AvgIpc) is 3.09. The summed E-state index contributed by atoms with van der Waals surface area (Å²) in [4.78, 5) is 19.2. The van der Waals surface area contributed by atoms with Gasteiger partial charge < -0.3 is 4.90 Å². The van der Waals surface area contributed by atoms with Crippen LogP contribution in [0.1, 0.15) is 78.4 Å². The highest BCUT2D eigenvalue weighted by Gasteiger charge is 2.37. The number of hydrogen-bond donors (Lipinski definition) is 0. The van der Waals surface area contributed by atoms with Gasteiger partial charge in [-0.15, -0.1) is 0 Å². The fraction of sp³-hybridized carbons (Fsp3) is 0.429. The summed E-state index contributed by atoms with van der Waals surface area (Å²) >= 11 is 0. The molecule has 0 spiro atoms. The molecule has 0 bridgehead atoms. The number of Topliss-reactive ketones (excluding diaryl/α,β-unsaturated/α-hetero) is 1. The van der Waals surface area contributed by atoms with Gasteiger partial charge >= 0.3 is 0 Å². The summed E-state index contributed by atoms with van der Waals surface area (Å²) in [5.41, 5.74) is 6.03. The number of rotatable bonds is 12. The lowest BCUT2D eigenvalue weighted by atomic mass is 9.79. The molecule has 3 nitrogen and oxygen atoms in total. The predicted molar refractivity (Wildman–Crippen MR) is 164 cm³/mol. The average molecular weight is 511 g/mol. The minimum absolute atomic E-state index is 0.0267. The molecule has 1 aliphatic rings. The minimum Gasteiger partial charge on any atom is -0.347 e. The van der Waals surface area contributed by atoms with Crippen LogP contribution in [0.25, 0.3) is 0 Å². The Labute approximate surface area is 231 Å². The summed E-state index contributed by atoms with van der Waals surface area (Å²) in [5, 5.41) is 0. The van der Waals surface area contributed by atoms with Crippen molar-refractivity contribution < 1.29 is 4.79 Å². The van der Waals surface area contributed by atoms with Crippen molar-refractivity contribution >= 4 is 17.2 Å². The van der Waals surface area contributed by atoms with E-state index in [0.29, 0.717) is 12.2 Å². The molecule has 1 aliphatic heterocycles. The van der Waals surface area contributed by atoms with E-state index in [1.54, 1.807) is 0 Å². The lowest BCUT2D eigenvalue weighted by Gasteiger charge is -2.26. The molecule has 0 fully saturated rings. The van der Waals surface area contributed by atoms with Crippen LogP contribution in [0.3, 0.4) is 0 Å². The van der Waals surface area contributed by atoms with Crippen molar-refractivity contribution in [3.8, 4) is 0 Å². The van der Waals surface area contributed by atoms with Crippen LogP contribution in [-0.4, -0.2) is 25.1 Å². The van der Waals surface area contributed by atoms with E-state index in [1.807, 2.05) is 13.8 Å². The Morgan fingerprint density at radius 3 is 2.32 bits per heavy atom. The molecule has 38 heavy (non-hydrogen) atoms. The van der Waals surface area contributed by atoms with Gasteiger partial charge in [-0.1, -0.05) is 115 Å². The fourth-order valence-electron chi connectivity index (χ4n) is 5.20. The number of carbonyl (C=O) groups excluding carboxylic acids is 1. The number of fused-ring (bicyclic) bond motifs is 1. The molecule has 0 amide bonds. The van der Waals surface area contributed by atoms with Gasteiger partial charge in [-0.05, 0) is 42.2 Å². The molecule has 0 N–H and O–H groups in total. The van der Waals surface area contributed by atoms with E-state index >= 15 is 0 Å². The second-order valence-corrected chi connectivity index (χ2v) is 11.7. The van der Waals surface area contributed by atoms with Crippen LogP contribution in [0.15, 0.2) is 95.7 Å². The van der Waals surface area contributed by atoms with Crippen molar-refractivity contribution in [3.05, 3.63) is 102 Å². The first-order valence-electron chi connectivity index (χ1n) is 14.1. The highest BCUT2D eigenvalue weighted by molar-refractivity contribution is 6.03. The van der Waals surface area contributed by atoms with Gasteiger partial charge in [0, 0.05) is 53.9 Å². The number of benzene rings is 2. The van der Waals surface area contributed by atoms with E-state index < -0.39 is 0 Å². The van der Waals surface area contributed by atoms with E-state index in [-0.39, 0.29) is 16.7 Å². The van der Waals surface area contributed by atoms with Crippen molar-refractivity contribution in [2.45, 2.75) is 78.1 Å². The molecule has 0 unspecified atom stereocenters. The largest absolute Gasteiger partial charge is 0.347 e. The number of likely N-dealkylation sites (N-methyl/N-ethyl adjacent to an activating group) is 1. The summed E-state index contributed by atoms with van der Waals surface area (Å²) in [6.07, 6.45) is 14.4. The minimum atomic E-state index is -0.201. The van der Waals surface area contributed by atoms with E-state index in [4.69, 9.17) is 4.99 Å². The molecule has 3 heteroatoms. The van der Waals surface area contributed by atoms with Gasteiger partial charge in [0.05, 0.1) is 0 Å². The number of allylic oxidation sites excluding steroid dienone is 6. The third-order valence-corrected chi connectivity index (χ3v) is 7.81. The van der Waals surface area contributed by atoms with E-state index in [0.717, 1.165) is 31.5 Å². The summed E-state index contributed by atoms with van der Waals surface area (Å²) in [7, 11) is 2.15. The van der Waals surface area contributed by atoms with E-state index in [2.05, 4.69) is 125 Å². The molecular weight excluding hydrogens is 464 g/mol. The first-order chi connectivity index (χ1) is 18.1. The van der Waals surface area contributed by atoms with E-state index in [9.17, 15) is 4.79 Å². The SMILES string of the molecule is CC(C)C(=O)CCCCCN=C(/C=C/C=C/C=C1/N(C)c2ccccc2C1(C)C)C(C)(C)c1ccccc1. The topological polar surface area (TPSA) is 32.7 Å². The smallest absolute Gasteiger partial charge is 0.135 e. The summed E-state index contributed by atoms with van der Waals surface area (Å²) in [6, 6.07) is 19.2. The lowest BCUT2D eigenvalue weighted by molar-refractivity contribution is -0.122. The standard InChI is InChI=1S/C35H46N2O/c1-27(2)31(38)23-13-10-18-26-36-32(34(3,4)28-19-11-8-12-20-28)24-14-9-15-25-33-35(5,6)29-21-16-17-22-30(29)37(33)7/h8-9,11-12,14-17,19-22,24-25,27H,10,13,18,23,26H2,1-7H3/b15-9+,24-14+,33-25+,36-32?. The van der Waals surface area contributed by atoms with Crippen LogP contribution in [-0.2, 0) is 15.6 Å². The van der Waals surface area contributed by atoms with Crippen molar-refractivity contribution in [3.63, 3.8) is 0 Å². The summed E-state index contributed by atoms with van der Waals surface area (Å²) in [6.45, 7) is 13.8. The highest BCUT2D eigenvalue weighted by atomic mass is 16.1. The third-order valence-electron chi connectivity index (χ3n) is 7.81. The Balaban J connectivity index is 1.72.